The van der Waals surface area contributed by atoms with Crippen molar-refractivity contribution in [3.05, 3.63) is 12.1 Å². The van der Waals surface area contributed by atoms with E-state index in [2.05, 4.69) is 11.1 Å². The number of phosphoric ester groups is 1. The van der Waals surface area contributed by atoms with Gasteiger partial charge in [-0.15, -0.1) is 0 Å². The van der Waals surface area contributed by atoms with Crippen molar-refractivity contribution < 1.29 is 23.4 Å². The highest BCUT2D eigenvalue weighted by Gasteiger charge is 2.19. The predicted molar refractivity (Wildman–Crippen MR) is 31.3 cm³/mol. The molecule has 0 heterocycles. The molecule has 0 fully saturated rings. The lowest BCUT2D eigenvalue weighted by Crippen LogP contribution is -1.80. The van der Waals surface area contributed by atoms with Crippen LogP contribution in [0.15, 0.2) is 12.1 Å². The van der Waals surface area contributed by atoms with Gasteiger partial charge in [-0.3, -0.25) is 9.79 Å². The third kappa shape index (κ3) is 5.66. The minimum absolute atomic E-state index is 0.427. The number of hydrogen-bond acceptors (Lipinski definition) is 3. The van der Waals surface area contributed by atoms with E-state index in [-0.39, 0.29) is 0 Å². The molecule has 0 spiro atoms. The summed E-state index contributed by atoms with van der Waals surface area (Å²) in [4.78, 5) is 16.0. The molecule has 1 unspecified atom stereocenters. The number of rotatable bonds is 3. The molecule has 0 aliphatic carbocycles. The summed E-state index contributed by atoms with van der Waals surface area (Å²) in [5.74, 6) is 0. The fourth-order valence-electron chi connectivity index (χ4n) is 0.162. The van der Waals surface area contributed by atoms with Crippen molar-refractivity contribution in [3.63, 3.8) is 0 Å². The van der Waals surface area contributed by atoms with Crippen LogP contribution in [0.25, 0.3) is 0 Å². The number of hydrogen-bond donors (Lipinski definition) is 2. The zero-order valence-electron chi connectivity index (χ0n) is 4.27. The Hall–Kier alpha value is -0.210. The molecule has 0 aromatic rings. The molecule has 0 aliphatic heterocycles. The maximum absolute atomic E-state index is 9.88. The van der Waals surface area contributed by atoms with Gasteiger partial charge in [0.15, 0.2) is 0 Å². The summed E-state index contributed by atoms with van der Waals surface area (Å²) in [7, 11) is -5.58. The lowest BCUT2D eigenvalue weighted by molar-refractivity contribution is 0.253. The lowest BCUT2D eigenvalue weighted by atomic mass is 11.2. The first-order chi connectivity index (χ1) is 3.95. The Morgan fingerprint density at radius 3 is 2.22 bits per heavy atom. The molecule has 7 heteroatoms. The van der Waals surface area contributed by atoms with E-state index in [1.165, 1.54) is 0 Å². The van der Waals surface area contributed by atoms with Crippen molar-refractivity contribution in [1.29, 1.82) is 0 Å². The van der Waals surface area contributed by atoms with Gasteiger partial charge in [0.1, 0.15) is 0 Å². The molecule has 0 saturated carbocycles. The average molecular weight is 171 g/mol. The van der Waals surface area contributed by atoms with E-state index in [1.807, 2.05) is 0 Å². The van der Waals surface area contributed by atoms with Gasteiger partial charge >= 0.3 is 21.8 Å². The van der Waals surface area contributed by atoms with Gasteiger partial charge in [-0.05, 0) is 6.58 Å². The average Bonchev–Trinajstić information content (AvgIpc) is 1.62. The van der Waals surface area contributed by atoms with Crippen LogP contribution in [-0.2, 0) is 13.7 Å². The fraction of sp³-hybridized carbons (Fsp3) is 0. The van der Waals surface area contributed by atoms with E-state index in [0.717, 1.165) is 0 Å². The molecule has 2 N–H and O–H groups in total. The summed E-state index contributed by atoms with van der Waals surface area (Å²) in [5, 5.41) is 0. The first-order valence-corrected chi connectivity index (χ1v) is 4.22. The second-order valence-corrected chi connectivity index (χ2v) is 3.03. The second-order valence-electron chi connectivity index (χ2n) is 1.11. The van der Waals surface area contributed by atoms with Crippen molar-refractivity contribution in [2.24, 2.45) is 0 Å². The summed E-state index contributed by atoms with van der Waals surface area (Å²) in [6.45, 7) is 2.94. The minimum Gasteiger partial charge on any atom is -0.363 e. The highest BCUT2D eigenvalue weighted by atomic mass is 31.2. The molecule has 0 aromatic carbocycles. The van der Waals surface area contributed by atoms with Crippen LogP contribution < -0.4 is 0 Å². The third-order valence-electron chi connectivity index (χ3n) is 0.343. The van der Waals surface area contributed by atoms with Crippen LogP contribution >= 0.6 is 16.3 Å². The maximum atomic E-state index is 9.88. The highest BCUT2D eigenvalue weighted by molar-refractivity contribution is 7.47. The largest absolute Gasteiger partial charge is 0.527 e. The third-order valence-corrected chi connectivity index (χ3v) is 1.30. The van der Waals surface area contributed by atoms with Gasteiger partial charge in [0.05, 0.1) is 0 Å². The van der Waals surface area contributed by atoms with E-state index in [1.54, 1.807) is 0 Å². The lowest BCUT2D eigenvalue weighted by Gasteiger charge is -1.97. The smallest absolute Gasteiger partial charge is 0.363 e. The Kier molecular flexibility index (Phi) is 3.01. The molecule has 0 radical (unpaired) electrons. The maximum Gasteiger partial charge on any atom is 0.527 e. The van der Waals surface area contributed by atoms with Crippen LogP contribution in [0.3, 0.4) is 0 Å². The molecular formula is C2H5O5P2+. The van der Waals surface area contributed by atoms with Crippen LogP contribution in [-0.4, -0.2) is 9.79 Å². The Balaban J connectivity index is 3.89. The van der Waals surface area contributed by atoms with Crippen LogP contribution in [0.1, 0.15) is 0 Å². The molecule has 0 aliphatic rings. The normalized spacial score (nSPS) is 11.3. The van der Waals surface area contributed by atoms with E-state index < -0.39 is 21.8 Å². The van der Waals surface area contributed by atoms with Crippen LogP contribution in [0.5, 0.6) is 0 Å². The molecule has 5 nitrogen and oxygen atoms in total. The molecule has 9 heavy (non-hydrogen) atoms. The van der Waals surface area contributed by atoms with Crippen LogP contribution in [0.4, 0.5) is 0 Å². The summed E-state index contributed by atoms with van der Waals surface area (Å²) in [5.41, 5.74) is -0.427. The van der Waals surface area contributed by atoms with Gasteiger partial charge < -0.3 is 4.52 Å². The monoisotopic (exact) mass is 171 g/mol. The first kappa shape index (κ1) is 8.79. The molecule has 0 rings (SSSR count). The highest BCUT2D eigenvalue weighted by Crippen LogP contribution is 2.40. The molecule has 0 saturated heterocycles. The first-order valence-electron chi connectivity index (χ1n) is 1.78. The minimum atomic E-state index is -4.53. The summed E-state index contributed by atoms with van der Waals surface area (Å²) >= 11 is 0. The van der Waals surface area contributed by atoms with Crippen molar-refractivity contribution in [2.75, 3.05) is 0 Å². The van der Waals surface area contributed by atoms with Gasteiger partial charge in [-0.2, -0.15) is 0 Å². The molecule has 52 valence electrons. The second kappa shape index (κ2) is 3.08. The SMILES string of the molecule is C=C(OP(=O)(O)O)[PH+]=O. The molecule has 0 aromatic heterocycles. The Morgan fingerprint density at radius 2 is 2.11 bits per heavy atom. The topological polar surface area (TPSA) is 83.8 Å². The molecule has 0 bridgehead atoms. The number of phosphoric acid groups is 1. The van der Waals surface area contributed by atoms with Crippen LogP contribution in [0.2, 0.25) is 0 Å². The van der Waals surface area contributed by atoms with E-state index in [0.29, 0.717) is 0 Å². The molecule has 0 amide bonds. The van der Waals surface area contributed by atoms with Crippen molar-refractivity contribution in [3.8, 4) is 0 Å². The molecular weight excluding hydrogens is 166 g/mol. The predicted octanol–water partition coefficient (Wildman–Crippen LogP) is 0.591. The zero-order chi connectivity index (χ0) is 7.49. The van der Waals surface area contributed by atoms with Gasteiger partial charge in [-0.25, -0.2) is 4.57 Å². The summed E-state index contributed by atoms with van der Waals surface area (Å²) < 4.78 is 23.4. The Bertz CT molecular complexity index is 168. The van der Waals surface area contributed by atoms with Crippen molar-refractivity contribution in [1.82, 2.24) is 0 Å². The van der Waals surface area contributed by atoms with Gasteiger partial charge in [0.2, 0.25) is 0 Å². The standard InChI is InChI=1S/C2H4O5P2/c1-2(8-3)7-9(4,5)6/h1H2,(H2,4,5,6)/p+1. The molecule has 1 atom stereocenters. The van der Waals surface area contributed by atoms with Gasteiger partial charge in [-0.1, -0.05) is 4.57 Å². The van der Waals surface area contributed by atoms with Crippen LogP contribution in [0, 0.1) is 0 Å². The van der Waals surface area contributed by atoms with E-state index in [9.17, 15) is 9.13 Å². The summed E-state index contributed by atoms with van der Waals surface area (Å²) in [6.07, 6.45) is 0. The zero-order valence-corrected chi connectivity index (χ0v) is 6.17. The van der Waals surface area contributed by atoms with Gasteiger partial charge in [0.25, 0.3) is 0 Å². The Morgan fingerprint density at radius 1 is 1.67 bits per heavy atom. The van der Waals surface area contributed by atoms with Crippen molar-refractivity contribution >= 4 is 16.3 Å². The fourth-order valence-corrected chi connectivity index (χ4v) is 0.955. The van der Waals surface area contributed by atoms with E-state index in [4.69, 9.17) is 9.79 Å². The Labute approximate surface area is 52.8 Å². The van der Waals surface area contributed by atoms with E-state index >= 15 is 0 Å². The quantitative estimate of drug-likeness (QED) is 0.479. The van der Waals surface area contributed by atoms with Gasteiger partial charge in [0, 0.05) is 0 Å². The van der Waals surface area contributed by atoms with Crippen molar-refractivity contribution in [2.45, 2.75) is 0 Å². The summed E-state index contributed by atoms with van der Waals surface area (Å²) in [6, 6.07) is 0.